The monoisotopic (exact) mass is 240 g/mol. The van der Waals surface area contributed by atoms with E-state index in [0.717, 1.165) is 6.42 Å². The van der Waals surface area contributed by atoms with Crippen LogP contribution in [0.3, 0.4) is 0 Å². The van der Waals surface area contributed by atoms with Gasteiger partial charge in [-0.15, -0.1) is 0 Å². The molecule has 0 spiro atoms. The molecule has 1 unspecified atom stereocenters. The van der Waals surface area contributed by atoms with E-state index in [2.05, 4.69) is 27.7 Å². The highest BCUT2D eigenvalue weighted by Crippen LogP contribution is 2.61. The average molecular weight is 240 g/mol. The minimum atomic E-state index is -0.934. The summed E-state index contributed by atoms with van der Waals surface area (Å²) in [6.07, 6.45) is 3.37. The Hall–Kier alpha value is -0.0800. The summed E-state index contributed by atoms with van der Waals surface area (Å²) in [7, 11) is 0. The maximum atomic E-state index is 10.5. The molecule has 0 bridgehead atoms. The maximum absolute atomic E-state index is 10.5. The molecule has 2 rings (SSSR count). The van der Waals surface area contributed by atoms with Crippen molar-refractivity contribution in [2.45, 2.75) is 72.0 Å². The first-order valence-corrected chi connectivity index (χ1v) is 7.00. The van der Waals surface area contributed by atoms with Gasteiger partial charge in [-0.25, -0.2) is 0 Å². The van der Waals surface area contributed by atoms with Crippen molar-refractivity contribution >= 4 is 0 Å². The average Bonchev–Trinajstić information content (AvgIpc) is 2.38. The molecule has 0 aromatic rings. The molecule has 2 heteroatoms. The highest BCUT2D eigenvalue weighted by atomic mass is 16.3. The van der Waals surface area contributed by atoms with E-state index in [0.29, 0.717) is 18.3 Å². The van der Waals surface area contributed by atoms with Crippen LogP contribution in [0.15, 0.2) is 0 Å². The van der Waals surface area contributed by atoms with Gasteiger partial charge >= 0.3 is 0 Å². The van der Waals surface area contributed by atoms with Crippen LogP contribution in [0.4, 0.5) is 0 Å². The van der Waals surface area contributed by atoms with E-state index in [1.807, 2.05) is 0 Å². The molecule has 0 amide bonds. The van der Waals surface area contributed by atoms with E-state index in [1.165, 1.54) is 12.8 Å². The van der Waals surface area contributed by atoms with Crippen molar-refractivity contribution in [3.8, 4) is 0 Å². The van der Waals surface area contributed by atoms with Crippen molar-refractivity contribution in [2.24, 2.45) is 22.7 Å². The molecule has 2 nitrogen and oxygen atoms in total. The molecular formula is C15H28O2. The van der Waals surface area contributed by atoms with Crippen LogP contribution in [-0.4, -0.2) is 21.9 Å². The molecule has 2 saturated carbocycles. The van der Waals surface area contributed by atoms with E-state index in [9.17, 15) is 10.2 Å². The summed E-state index contributed by atoms with van der Waals surface area (Å²) in [6.45, 7) is 11.0. The molecule has 0 saturated heterocycles. The predicted octanol–water partition coefficient (Wildman–Crippen LogP) is 2.97. The summed E-state index contributed by atoms with van der Waals surface area (Å²) < 4.78 is 0. The van der Waals surface area contributed by atoms with Gasteiger partial charge in [-0.05, 0) is 55.3 Å². The van der Waals surface area contributed by atoms with Gasteiger partial charge in [0.2, 0.25) is 0 Å². The van der Waals surface area contributed by atoms with Crippen LogP contribution in [0.1, 0.15) is 60.3 Å². The third kappa shape index (κ3) is 1.94. The van der Waals surface area contributed by atoms with Crippen LogP contribution in [0.5, 0.6) is 0 Å². The molecule has 0 radical (unpaired) electrons. The van der Waals surface area contributed by atoms with Crippen LogP contribution in [0, 0.1) is 22.7 Å². The molecule has 2 aliphatic rings. The molecule has 2 N–H and O–H groups in total. The van der Waals surface area contributed by atoms with Crippen molar-refractivity contribution in [1.29, 1.82) is 0 Å². The molecular weight excluding hydrogens is 212 g/mol. The van der Waals surface area contributed by atoms with Crippen LogP contribution in [0.25, 0.3) is 0 Å². The maximum Gasteiger partial charge on any atom is 0.0882 e. The van der Waals surface area contributed by atoms with Crippen molar-refractivity contribution in [3.63, 3.8) is 0 Å². The third-order valence-corrected chi connectivity index (χ3v) is 5.92. The molecule has 2 fully saturated rings. The van der Waals surface area contributed by atoms with E-state index in [4.69, 9.17) is 0 Å². The standard InChI is InChI=1S/C15H28O2/c1-10-6-7-11-13(2,3)9-15(5,17)12(16)8-14(10,11)4/h10-12,16-17H,6-9H2,1-5H3/t10-,11?,12+,14-,15-/m1/s1. The fourth-order valence-electron chi connectivity index (χ4n) is 4.85. The second kappa shape index (κ2) is 3.71. The lowest BCUT2D eigenvalue weighted by Crippen LogP contribution is -2.41. The lowest BCUT2D eigenvalue weighted by atomic mass is 9.62. The first-order chi connectivity index (χ1) is 7.59. The van der Waals surface area contributed by atoms with Gasteiger partial charge in [0.1, 0.15) is 0 Å². The Bertz CT molecular complexity index is 308. The second-order valence-corrected chi connectivity index (χ2v) is 7.78. The zero-order valence-electron chi connectivity index (χ0n) is 12.0. The Labute approximate surface area is 105 Å². The fourth-order valence-corrected chi connectivity index (χ4v) is 4.85. The first-order valence-electron chi connectivity index (χ1n) is 7.00. The molecule has 0 heterocycles. The van der Waals surface area contributed by atoms with E-state index < -0.39 is 11.7 Å². The Balaban J connectivity index is 2.42. The van der Waals surface area contributed by atoms with Crippen molar-refractivity contribution < 1.29 is 10.2 Å². The van der Waals surface area contributed by atoms with E-state index in [-0.39, 0.29) is 10.8 Å². The molecule has 100 valence electrons. The SMILES string of the molecule is C[C@@H]1CCC2C(C)(C)C[C@@](C)(O)[C@@H](O)C[C@@]21C. The molecule has 2 aliphatic carbocycles. The summed E-state index contributed by atoms with van der Waals surface area (Å²) in [5.41, 5.74) is -0.638. The largest absolute Gasteiger partial charge is 0.390 e. The van der Waals surface area contributed by atoms with Crippen LogP contribution in [0.2, 0.25) is 0 Å². The zero-order chi connectivity index (χ0) is 13.1. The number of aliphatic hydroxyl groups is 2. The highest BCUT2D eigenvalue weighted by molar-refractivity contribution is 5.07. The molecule has 0 aliphatic heterocycles. The summed E-state index contributed by atoms with van der Waals surface area (Å²) in [5.74, 6) is 1.27. The topological polar surface area (TPSA) is 40.5 Å². The number of hydrogen-bond acceptors (Lipinski definition) is 2. The highest BCUT2D eigenvalue weighted by Gasteiger charge is 2.57. The van der Waals surface area contributed by atoms with Gasteiger partial charge in [-0.3, -0.25) is 0 Å². The Kier molecular flexibility index (Phi) is 2.91. The summed E-state index contributed by atoms with van der Waals surface area (Å²) in [5, 5.41) is 20.8. The predicted molar refractivity (Wildman–Crippen MR) is 69.6 cm³/mol. The minimum Gasteiger partial charge on any atom is -0.390 e. The van der Waals surface area contributed by atoms with Gasteiger partial charge in [0.05, 0.1) is 11.7 Å². The number of fused-ring (bicyclic) bond motifs is 1. The molecule has 5 atom stereocenters. The summed E-state index contributed by atoms with van der Waals surface area (Å²) >= 11 is 0. The fraction of sp³-hybridized carbons (Fsp3) is 1.00. The number of hydrogen-bond donors (Lipinski definition) is 2. The second-order valence-electron chi connectivity index (χ2n) is 7.78. The third-order valence-electron chi connectivity index (χ3n) is 5.92. The quantitative estimate of drug-likeness (QED) is 0.683. The van der Waals surface area contributed by atoms with Crippen molar-refractivity contribution in [1.82, 2.24) is 0 Å². The van der Waals surface area contributed by atoms with Gasteiger partial charge in [0.15, 0.2) is 0 Å². The summed E-state index contributed by atoms with van der Waals surface area (Å²) in [4.78, 5) is 0. The number of rotatable bonds is 0. The molecule has 0 aromatic carbocycles. The van der Waals surface area contributed by atoms with Crippen molar-refractivity contribution in [2.75, 3.05) is 0 Å². The van der Waals surface area contributed by atoms with Gasteiger partial charge in [0, 0.05) is 0 Å². The first kappa shape index (κ1) is 13.4. The molecule has 17 heavy (non-hydrogen) atoms. The minimum absolute atomic E-state index is 0.112. The van der Waals surface area contributed by atoms with Gasteiger partial charge in [-0.2, -0.15) is 0 Å². The Morgan fingerprint density at radius 1 is 1.06 bits per heavy atom. The normalized spacial score (nSPS) is 54.2. The molecule has 0 aromatic heterocycles. The Morgan fingerprint density at radius 2 is 1.65 bits per heavy atom. The van der Waals surface area contributed by atoms with Crippen molar-refractivity contribution in [3.05, 3.63) is 0 Å². The lowest BCUT2D eigenvalue weighted by Gasteiger charge is -2.42. The van der Waals surface area contributed by atoms with E-state index >= 15 is 0 Å². The van der Waals surface area contributed by atoms with Gasteiger partial charge in [-0.1, -0.05) is 27.7 Å². The van der Waals surface area contributed by atoms with E-state index in [1.54, 1.807) is 6.92 Å². The number of aliphatic hydroxyl groups excluding tert-OH is 1. The van der Waals surface area contributed by atoms with Crippen LogP contribution < -0.4 is 0 Å². The smallest absolute Gasteiger partial charge is 0.0882 e. The van der Waals surface area contributed by atoms with Gasteiger partial charge < -0.3 is 10.2 Å². The van der Waals surface area contributed by atoms with Gasteiger partial charge in [0.25, 0.3) is 0 Å². The summed E-state index contributed by atoms with van der Waals surface area (Å²) in [6, 6.07) is 0. The van der Waals surface area contributed by atoms with Crippen LogP contribution in [-0.2, 0) is 0 Å². The van der Waals surface area contributed by atoms with Crippen LogP contribution >= 0.6 is 0 Å². The lowest BCUT2D eigenvalue weighted by molar-refractivity contribution is -0.0847. The zero-order valence-corrected chi connectivity index (χ0v) is 12.0. The Morgan fingerprint density at radius 3 is 2.24 bits per heavy atom.